The van der Waals surface area contributed by atoms with E-state index in [0.717, 1.165) is 18.2 Å². The molecule has 1 aliphatic heterocycles. The van der Waals surface area contributed by atoms with Crippen LogP contribution < -0.4 is 10.5 Å². The molecule has 4 nitrogen and oxygen atoms in total. The molecule has 0 saturated carbocycles. The van der Waals surface area contributed by atoms with Crippen molar-refractivity contribution in [1.29, 1.82) is 0 Å². The number of hydrogen-bond acceptors (Lipinski definition) is 5. The van der Waals surface area contributed by atoms with Gasteiger partial charge >= 0.3 is 6.18 Å². The number of thioether (sulfide) groups is 1. The number of halogens is 3. The first kappa shape index (κ1) is 23.1. The van der Waals surface area contributed by atoms with Crippen LogP contribution in [0.5, 0.6) is 5.75 Å². The second-order valence-electron chi connectivity index (χ2n) is 7.35. The molecule has 1 aromatic carbocycles. The van der Waals surface area contributed by atoms with Gasteiger partial charge in [-0.3, -0.25) is 0 Å². The molecule has 1 unspecified atom stereocenters. The van der Waals surface area contributed by atoms with Gasteiger partial charge in [0.1, 0.15) is 5.75 Å². The highest BCUT2D eigenvalue weighted by atomic mass is 32.2. The quantitative estimate of drug-likeness (QED) is 0.504. The Morgan fingerprint density at radius 3 is 2.54 bits per heavy atom. The van der Waals surface area contributed by atoms with Crippen molar-refractivity contribution in [2.24, 2.45) is 11.7 Å². The maximum absolute atomic E-state index is 13.4. The normalized spacial score (nSPS) is 17.7. The number of nitrogens with two attached hydrogens (primary N) is 1. The van der Waals surface area contributed by atoms with E-state index in [-0.39, 0.29) is 25.2 Å². The lowest BCUT2D eigenvalue weighted by atomic mass is 9.93. The summed E-state index contributed by atoms with van der Waals surface area (Å²) in [6, 6.07) is 3.97. The Balaban J connectivity index is 1.97. The molecule has 2 rings (SSSR count). The van der Waals surface area contributed by atoms with E-state index in [1.165, 1.54) is 11.0 Å². The van der Waals surface area contributed by atoms with Crippen LogP contribution in [-0.2, 0) is 12.6 Å². The van der Waals surface area contributed by atoms with Crippen LogP contribution in [-0.4, -0.2) is 41.3 Å². The summed E-state index contributed by atoms with van der Waals surface area (Å²) in [4.78, 5) is 1.30. The van der Waals surface area contributed by atoms with Crippen molar-refractivity contribution in [3.05, 3.63) is 40.3 Å². The van der Waals surface area contributed by atoms with Gasteiger partial charge in [-0.2, -0.15) is 13.2 Å². The topological polar surface area (TPSA) is 75.7 Å². The molecule has 158 valence electrons. The molecule has 0 spiro atoms. The van der Waals surface area contributed by atoms with Crippen molar-refractivity contribution in [3.8, 4) is 5.75 Å². The lowest BCUT2D eigenvalue weighted by Gasteiger charge is -2.24. The molecule has 4 N–H and O–H groups in total. The van der Waals surface area contributed by atoms with Gasteiger partial charge < -0.3 is 20.7 Å². The van der Waals surface area contributed by atoms with Gasteiger partial charge in [-0.05, 0) is 61.1 Å². The highest BCUT2D eigenvalue weighted by Gasteiger charge is 2.35. The van der Waals surface area contributed by atoms with Crippen molar-refractivity contribution < 1.29 is 28.1 Å². The Morgan fingerprint density at radius 1 is 1.25 bits per heavy atom. The largest absolute Gasteiger partial charge is 0.493 e. The van der Waals surface area contributed by atoms with E-state index in [9.17, 15) is 23.4 Å². The molecule has 28 heavy (non-hydrogen) atoms. The van der Waals surface area contributed by atoms with E-state index < -0.39 is 30.5 Å². The van der Waals surface area contributed by atoms with E-state index in [1.54, 1.807) is 6.07 Å². The minimum absolute atomic E-state index is 0.170. The average Bonchev–Trinajstić information content (AvgIpc) is 3.08. The van der Waals surface area contributed by atoms with Crippen LogP contribution in [0.3, 0.4) is 0 Å². The van der Waals surface area contributed by atoms with E-state index in [0.29, 0.717) is 17.9 Å². The third-order valence-corrected chi connectivity index (χ3v) is 6.05. The SMILES string of the molecule is CC1=CC(CCCOc2ccc(CCC(N)(CO)CO)cc2C(F)(F)F)CS1. The van der Waals surface area contributed by atoms with Crippen LogP contribution in [0.1, 0.15) is 37.3 Å². The lowest BCUT2D eigenvalue weighted by Crippen LogP contribution is -2.47. The second kappa shape index (κ2) is 10.0. The lowest BCUT2D eigenvalue weighted by molar-refractivity contribution is -0.139. The van der Waals surface area contributed by atoms with Crippen LogP contribution in [0.15, 0.2) is 29.2 Å². The maximum atomic E-state index is 13.4. The van der Waals surface area contributed by atoms with Gasteiger partial charge in [0.15, 0.2) is 0 Å². The van der Waals surface area contributed by atoms with Gasteiger partial charge in [0.2, 0.25) is 0 Å². The molecule has 0 amide bonds. The molecule has 0 aliphatic carbocycles. The first-order valence-corrected chi connectivity index (χ1v) is 10.3. The summed E-state index contributed by atoms with van der Waals surface area (Å²) in [7, 11) is 0. The fourth-order valence-electron chi connectivity index (χ4n) is 3.04. The first-order valence-electron chi connectivity index (χ1n) is 9.31. The summed E-state index contributed by atoms with van der Waals surface area (Å²) >= 11 is 1.81. The molecule has 1 aromatic rings. The summed E-state index contributed by atoms with van der Waals surface area (Å²) in [5.74, 6) is 1.32. The predicted molar refractivity (Wildman–Crippen MR) is 105 cm³/mol. The van der Waals surface area contributed by atoms with Gasteiger partial charge in [0.25, 0.3) is 0 Å². The fraction of sp³-hybridized carbons (Fsp3) is 0.600. The van der Waals surface area contributed by atoms with Gasteiger partial charge in [0, 0.05) is 5.75 Å². The first-order chi connectivity index (χ1) is 13.2. The van der Waals surface area contributed by atoms with Crippen molar-refractivity contribution >= 4 is 11.8 Å². The molecule has 0 radical (unpaired) electrons. The molecule has 1 aliphatic rings. The third-order valence-electron chi connectivity index (χ3n) is 4.86. The van der Waals surface area contributed by atoms with Crippen molar-refractivity contribution in [3.63, 3.8) is 0 Å². The molecule has 0 saturated heterocycles. The average molecular weight is 420 g/mol. The van der Waals surface area contributed by atoms with Crippen molar-refractivity contribution in [2.45, 2.75) is 44.3 Å². The van der Waals surface area contributed by atoms with Gasteiger partial charge in [-0.25, -0.2) is 0 Å². The van der Waals surface area contributed by atoms with E-state index in [2.05, 4.69) is 13.0 Å². The number of alkyl halides is 3. The fourth-order valence-corrected chi connectivity index (χ4v) is 4.07. The van der Waals surface area contributed by atoms with E-state index in [1.807, 2.05) is 11.8 Å². The van der Waals surface area contributed by atoms with E-state index in [4.69, 9.17) is 10.5 Å². The zero-order valence-corrected chi connectivity index (χ0v) is 16.8. The van der Waals surface area contributed by atoms with Crippen LogP contribution >= 0.6 is 11.8 Å². The second-order valence-corrected chi connectivity index (χ2v) is 8.61. The molecule has 1 atom stereocenters. The Bertz CT molecular complexity index is 675. The Labute approximate surface area is 168 Å². The molecule has 0 fully saturated rings. The number of allylic oxidation sites excluding steroid dienone is 2. The number of aliphatic hydroxyl groups is 2. The number of hydrogen-bond donors (Lipinski definition) is 3. The summed E-state index contributed by atoms with van der Waals surface area (Å²) < 4.78 is 45.8. The van der Waals surface area contributed by atoms with E-state index >= 15 is 0 Å². The van der Waals surface area contributed by atoms with Crippen LogP contribution in [0.4, 0.5) is 13.2 Å². The number of aryl methyl sites for hydroxylation is 1. The molecule has 0 bridgehead atoms. The predicted octanol–water partition coefficient (Wildman–Crippen LogP) is 3.75. The summed E-state index contributed by atoms with van der Waals surface area (Å²) in [6.45, 7) is 1.42. The minimum Gasteiger partial charge on any atom is -0.493 e. The summed E-state index contributed by atoms with van der Waals surface area (Å²) in [6.07, 6.45) is -0.352. The smallest absolute Gasteiger partial charge is 0.419 e. The third kappa shape index (κ3) is 6.69. The number of ether oxygens (including phenoxy) is 1. The van der Waals surface area contributed by atoms with Gasteiger partial charge in [-0.1, -0.05) is 12.1 Å². The monoisotopic (exact) mass is 419 g/mol. The summed E-state index contributed by atoms with van der Waals surface area (Å²) in [5.41, 5.74) is 4.20. The zero-order valence-electron chi connectivity index (χ0n) is 16.0. The number of rotatable bonds is 10. The number of benzene rings is 1. The molecule has 1 heterocycles. The Morgan fingerprint density at radius 2 is 1.96 bits per heavy atom. The van der Waals surface area contributed by atoms with Crippen LogP contribution in [0.25, 0.3) is 0 Å². The Kier molecular flexibility index (Phi) is 8.24. The zero-order chi connectivity index (χ0) is 20.8. The highest BCUT2D eigenvalue weighted by Crippen LogP contribution is 2.37. The highest BCUT2D eigenvalue weighted by molar-refractivity contribution is 8.03. The van der Waals surface area contributed by atoms with Crippen LogP contribution in [0.2, 0.25) is 0 Å². The Hall–Kier alpha value is -1.22. The van der Waals surface area contributed by atoms with Gasteiger partial charge in [0.05, 0.1) is 30.9 Å². The number of aliphatic hydroxyl groups excluding tert-OH is 2. The van der Waals surface area contributed by atoms with Crippen LogP contribution in [0, 0.1) is 5.92 Å². The van der Waals surface area contributed by atoms with Gasteiger partial charge in [-0.15, -0.1) is 11.8 Å². The summed E-state index contributed by atoms with van der Waals surface area (Å²) in [5, 5.41) is 18.4. The maximum Gasteiger partial charge on any atom is 0.419 e. The standard InChI is InChI=1S/C20H28F3NO3S/c1-14-9-16(11-28-14)3-2-8-27-18-5-4-15(10-17(18)20(21,22)23)6-7-19(24,12-25)13-26/h4-5,9-10,16,25-26H,2-3,6-8,11-13,24H2,1H3. The molecule has 0 aromatic heterocycles. The molecule has 8 heteroatoms. The molecular formula is C20H28F3NO3S. The van der Waals surface area contributed by atoms with Crippen molar-refractivity contribution in [1.82, 2.24) is 0 Å². The minimum atomic E-state index is -4.53. The van der Waals surface area contributed by atoms with Crippen molar-refractivity contribution in [2.75, 3.05) is 25.6 Å². The molecular weight excluding hydrogens is 391 g/mol.